The summed E-state index contributed by atoms with van der Waals surface area (Å²) in [6.45, 7) is 2.11. The third kappa shape index (κ3) is 1.13. The predicted molar refractivity (Wildman–Crippen MR) is 60.8 cm³/mol. The van der Waals surface area contributed by atoms with Crippen LogP contribution in [0.25, 0.3) is 21.8 Å². The molecule has 3 heteroatoms. The average Bonchev–Trinajstić information content (AvgIpc) is 2.59. The van der Waals surface area contributed by atoms with Gasteiger partial charge in [-0.15, -0.1) is 0 Å². The first-order valence-electron chi connectivity index (χ1n) is 4.95. The van der Waals surface area contributed by atoms with Crippen LogP contribution in [0.15, 0.2) is 30.3 Å². The molecule has 0 atom stereocenters. The summed E-state index contributed by atoms with van der Waals surface area (Å²) in [7, 11) is 1.85. The van der Waals surface area contributed by atoms with Crippen molar-refractivity contribution >= 4 is 21.8 Å². The van der Waals surface area contributed by atoms with Gasteiger partial charge in [-0.3, -0.25) is 0 Å². The second-order valence-electron chi connectivity index (χ2n) is 3.80. The molecule has 3 nitrogen and oxygen atoms in total. The third-order valence-electron chi connectivity index (χ3n) is 2.70. The average molecular weight is 197 g/mol. The highest BCUT2D eigenvalue weighted by Gasteiger charge is 2.07. The van der Waals surface area contributed by atoms with Gasteiger partial charge in [-0.05, 0) is 23.9 Å². The molecule has 0 unspecified atom stereocenters. The highest BCUT2D eigenvalue weighted by molar-refractivity contribution is 6.05. The molecule has 0 bridgehead atoms. The highest BCUT2D eigenvalue weighted by atomic mass is 15.4. The molecule has 1 aromatic heterocycles. The van der Waals surface area contributed by atoms with Crippen LogP contribution in [-0.4, -0.2) is 15.0 Å². The number of fused-ring (bicyclic) bond motifs is 3. The van der Waals surface area contributed by atoms with Crippen LogP contribution < -0.4 is 0 Å². The van der Waals surface area contributed by atoms with Crippen molar-refractivity contribution in [2.45, 2.75) is 6.92 Å². The Bertz CT molecular complexity index is 652. The van der Waals surface area contributed by atoms with Crippen LogP contribution in [0.5, 0.6) is 0 Å². The summed E-state index contributed by atoms with van der Waals surface area (Å²) in [4.78, 5) is 1.62. The number of hydrogen-bond acceptors (Lipinski definition) is 2. The van der Waals surface area contributed by atoms with Gasteiger partial charge in [0, 0.05) is 12.4 Å². The summed E-state index contributed by atoms with van der Waals surface area (Å²) < 4.78 is 0. The minimum atomic E-state index is 0.966. The second-order valence-corrected chi connectivity index (χ2v) is 3.80. The van der Waals surface area contributed by atoms with Crippen LogP contribution in [0.1, 0.15) is 5.56 Å². The van der Waals surface area contributed by atoms with Crippen LogP contribution in [-0.2, 0) is 7.05 Å². The number of nitrogens with zero attached hydrogens (tertiary/aromatic N) is 3. The van der Waals surface area contributed by atoms with Crippen LogP contribution in [0, 0.1) is 6.92 Å². The van der Waals surface area contributed by atoms with Gasteiger partial charge in [-0.25, -0.2) is 0 Å². The molecule has 0 spiro atoms. The van der Waals surface area contributed by atoms with Gasteiger partial charge in [0.05, 0.1) is 0 Å². The van der Waals surface area contributed by atoms with E-state index in [1.807, 2.05) is 13.1 Å². The van der Waals surface area contributed by atoms with E-state index in [0.717, 1.165) is 11.0 Å². The Morgan fingerprint density at radius 3 is 2.60 bits per heavy atom. The molecular formula is C12H11N3. The smallest absolute Gasteiger partial charge is 0.121 e. The molecule has 74 valence electrons. The number of aromatic nitrogens is 3. The van der Waals surface area contributed by atoms with E-state index in [9.17, 15) is 0 Å². The summed E-state index contributed by atoms with van der Waals surface area (Å²) in [6, 6.07) is 10.4. The van der Waals surface area contributed by atoms with Crippen molar-refractivity contribution in [3.05, 3.63) is 35.9 Å². The molecule has 15 heavy (non-hydrogen) atoms. The molecule has 0 aliphatic rings. The third-order valence-corrected chi connectivity index (χ3v) is 2.70. The van der Waals surface area contributed by atoms with Gasteiger partial charge in [-0.1, -0.05) is 24.3 Å². The van der Waals surface area contributed by atoms with E-state index in [-0.39, 0.29) is 0 Å². The largest absolute Gasteiger partial charge is 0.187 e. The lowest BCUT2D eigenvalue weighted by molar-refractivity contribution is 0.665. The molecule has 3 aromatic rings. The fourth-order valence-electron chi connectivity index (χ4n) is 2.03. The van der Waals surface area contributed by atoms with E-state index in [4.69, 9.17) is 0 Å². The minimum Gasteiger partial charge on any atom is -0.187 e. The monoisotopic (exact) mass is 197 g/mol. The summed E-state index contributed by atoms with van der Waals surface area (Å²) in [5, 5.41) is 11.2. The summed E-state index contributed by atoms with van der Waals surface area (Å²) in [6.07, 6.45) is 0. The summed E-state index contributed by atoms with van der Waals surface area (Å²) >= 11 is 0. The van der Waals surface area contributed by atoms with Gasteiger partial charge in [-0.2, -0.15) is 15.0 Å². The second kappa shape index (κ2) is 2.79. The number of rotatable bonds is 0. The zero-order valence-corrected chi connectivity index (χ0v) is 8.73. The van der Waals surface area contributed by atoms with Gasteiger partial charge >= 0.3 is 0 Å². The number of aryl methyl sites for hydroxylation is 2. The fraction of sp³-hybridized carbons (Fsp3) is 0.167. The van der Waals surface area contributed by atoms with E-state index >= 15 is 0 Å². The van der Waals surface area contributed by atoms with Crippen LogP contribution in [0.3, 0.4) is 0 Å². The SMILES string of the molecule is Cc1cc2nn(C)nc2c2ccccc12. The molecule has 0 N–H and O–H groups in total. The number of benzene rings is 2. The van der Waals surface area contributed by atoms with Crippen molar-refractivity contribution in [1.82, 2.24) is 15.0 Å². The molecule has 0 saturated carbocycles. The summed E-state index contributed by atoms with van der Waals surface area (Å²) in [5.74, 6) is 0. The molecule has 3 rings (SSSR count). The maximum atomic E-state index is 4.39. The van der Waals surface area contributed by atoms with Crippen molar-refractivity contribution in [3.63, 3.8) is 0 Å². The molecule has 0 aliphatic carbocycles. The summed E-state index contributed by atoms with van der Waals surface area (Å²) in [5.41, 5.74) is 3.20. The van der Waals surface area contributed by atoms with Crippen molar-refractivity contribution < 1.29 is 0 Å². The first-order chi connectivity index (χ1) is 7.25. The van der Waals surface area contributed by atoms with Crippen molar-refractivity contribution in [2.24, 2.45) is 7.05 Å². The molecule has 0 aliphatic heterocycles. The Hall–Kier alpha value is -1.90. The predicted octanol–water partition coefficient (Wildman–Crippen LogP) is 2.43. The van der Waals surface area contributed by atoms with Gasteiger partial charge < -0.3 is 0 Å². The standard InChI is InChI=1S/C12H11N3/c1-8-7-11-12(14-15(2)13-11)10-6-4-3-5-9(8)10/h3-7H,1-2H3. The molecule has 0 radical (unpaired) electrons. The van der Waals surface area contributed by atoms with Crippen molar-refractivity contribution in [1.29, 1.82) is 0 Å². The molecule has 1 heterocycles. The van der Waals surface area contributed by atoms with Gasteiger partial charge in [0.1, 0.15) is 11.0 Å². The van der Waals surface area contributed by atoms with E-state index in [1.165, 1.54) is 16.3 Å². The van der Waals surface area contributed by atoms with Crippen LogP contribution in [0.4, 0.5) is 0 Å². The lowest BCUT2D eigenvalue weighted by atomic mass is 10.0. The van der Waals surface area contributed by atoms with E-state index in [0.29, 0.717) is 0 Å². The zero-order chi connectivity index (χ0) is 10.4. The van der Waals surface area contributed by atoms with Crippen molar-refractivity contribution in [3.8, 4) is 0 Å². The molecular weight excluding hydrogens is 186 g/mol. The van der Waals surface area contributed by atoms with E-state index < -0.39 is 0 Å². The van der Waals surface area contributed by atoms with Gasteiger partial charge in [0.25, 0.3) is 0 Å². The number of hydrogen-bond donors (Lipinski definition) is 0. The molecule has 0 saturated heterocycles. The molecule has 2 aromatic carbocycles. The molecule has 0 amide bonds. The lowest BCUT2D eigenvalue weighted by Crippen LogP contribution is -1.90. The van der Waals surface area contributed by atoms with E-state index in [1.54, 1.807) is 4.80 Å². The minimum absolute atomic E-state index is 0.966. The lowest BCUT2D eigenvalue weighted by Gasteiger charge is -2.00. The highest BCUT2D eigenvalue weighted by Crippen LogP contribution is 2.25. The topological polar surface area (TPSA) is 30.7 Å². The fourth-order valence-corrected chi connectivity index (χ4v) is 2.03. The maximum Gasteiger partial charge on any atom is 0.121 e. The molecule has 0 fully saturated rings. The normalized spacial score (nSPS) is 11.3. The Kier molecular flexibility index (Phi) is 1.57. The van der Waals surface area contributed by atoms with Crippen molar-refractivity contribution in [2.75, 3.05) is 0 Å². The van der Waals surface area contributed by atoms with E-state index in [2.05, 4.69) is 41.4 Å². The Morgan fingerprint density at radius 2 is 1.80 bits per heavy atom. The Balaban J connectivity index is 2.62. The first kappa shape index (κ1) is 8.41. The van der Waals surface area contributed by atoms with Gasteiger partial charge in [0.15, 0.2) is 0 Å². The zero-order valence-electron chi connectivity index (χ0n) is 8.73. The Morgan fingerprint density at radius 1 is 1.07 bits per heavy atom. The maximum absolute atomic E-state index is 4.39. The first-order valence-corrected chi connectivity index (χ1v) is 4.95. The van der Waals surface area contributed by atoms with Gasteiger partial charge in [0.2, 0.25) is 0 Å². The quantitative estimate of drug-likeness (QED) is 0.554. The van der Waals surface area contributed by atoms with Crippen LogP contribution in [0.2, 0.25) is 0 Å². The van der Waals surface area contributed by atoms with Crippen LogP contribution >= 0.6 is 0 Å². The Labute approximate surface area is 87.3 Å².